The summed E-state index contributed by atoms with van der Waals surface area (Å²) in [5.41, 5.74) is 1.57. The van der Waals surface area contributed by atoms with Crippen molar-refractivity contribution in [3.63, 3.8) is 0 Å². The van der Waals surface area contributed by atoms with Crippen molar-refractivity contribution in [1.29, 1.82) is 5.26 Å². The minimum absolute atomic E-state index is 0.0136. The fraction of sp³-hybridized carbons (Fsp3) is 0.333. The summed E-state index contributed by atoms with van der Waals surface area (Å²) in [5, 5.41) is 12.8. The van der Waals surface area contributed by atoms with Crippen LogP contribution < -0.4 is 5.32 Å². The minimum Gasteiger partial charge on any atom is -0.380 e. The van der Waals surface area contributed by atoms with Gasteiger partial charge in [-0.3, -0.25) is 4.79 Å². The second-order valence-corrected chi connectivity index (χ2v) is 7.95. The molecule has 1 amide bonds. The number of carbonyl (C=O) groups excluding carboxylic acids is 1. The Morgan fingerprint density at radius 1 is 1.29 bits per heavy atom. The molecule has 7 heteroatoms. The second kappa shape index (κ2) is 8.38. The first-order chi connectivity index (χ1) is 13.3. The number of hydrogen-bond acceptors (Lipinski definition) is 3. The van der Waals surface area contributed by atoms with Crippen molar-refractivity contribution in [2.24, 2.45) is 0 Å². The van der Waals surface area contributed by atoms with E-state index in [0.717, 1.165) is 0 Å². The normalized spacial score (nSPS) is 19.2. The Hall–Kier alpha value is -2.29. The maximum Gasteiger partial charge on any atom is 0.225 e. The molecule has 3 rings (SSSR count). The molecule has 0 aromatic heterocycles. The van der Waals surface area contributed by atoms with Crippen LogP contribution in [0.25, 0.3) is 0 Å². The van der Waals surface area contributed by atoms with Gasteiger partial charge in [-0.25, -0.2) is 4.39 Å². The van der Waals surface area contributed by atoms with E-state index in [-0.39, 0.29) is 29.1 Å². The van der Waals surface area contributed by atoms with E-state index in [0.29, 0.717) is 34.7 Å². The van der Waals surface area contributed by atoms with Crippen molar-refractivity contribution < 1.29 is 9.18 Å². The molecule has 1 unspecified atom stereocenters. The van der Waals surface area contributed by atoms with Crippen molar-refractivity contribution in [1.82, 2.24) is 4.90 Å². The summed E-state index contributed by atoms with van der Waals surface area (Å²) in [6.45, 7) is 3.89. The zero-order valence-corrected chi connectivity index (χ0v) is 17.1. The van der Waals surface area contributed by atoms with Crippen LogP contribution in [0.1, 0.15) is 31.4 Å². The standard InChI is InChI=1S/C21H20Cl2FN3O/c1-12(2)27-19(8-13-4-3-5-16(22)21(13)24)18(10-20(27)28)26-15-7-6-14(11-25)17(23)9-15/h3-7,9,12,18-19,26H,8,10H2,1-2H3/t18-,19?/m0/s1. The molecular weight excluding hydrogens is 400 g/mol. The Morgan fingerprint density at radius 3 is 2.68 bits per heavy atom. The molecule has 0 saturated carbocycles. The lowest BCUT2D eigenvalue weighted by molar-refractivity contribution is -0.130. The zero-order chi connectivity index (χ0) is 20.4. The molecule has 2 atom stereocenters. The highest BCUT2D eigenvalue weighted by molar-refractivity contribution is 6.32. The van der Waals surface area contributed by atoms with E-state index in [4.69, 9.17) is 28.5 Å². The zero-order valence-electron chi connectivity index (χ0n) is 15.5. The number of nitriles is 1. The van der Waals surface area contributed by atoms with Crippen molar-refractivity contribution in [2.75, 3.05) is 5.32 Å². The van der Waals surface area contributed by atoms with E-state index in [9.17, 15) is 9.18 Å². The molecule has 1 aliphatic heterocycles. The number of nitrogens with one attached hydrogen (secondary N) is 1. The van der Waals surface area contributed by atoms with Gasteiger partial charge in [-0.05, 0) is 50.1 Å². The molecule has 28 heavy (non-hydrogen) atoms. The molecule has 2 aromatic carbocycles. The summed E-state index contributed by atoms with van der Waals surface area (Å²) in [6.07, 6.45) is 0.640. The Kier molecular flexibility index (Phi) is 6.12. The Bertz CT molecular complexity index is 942. The number of carbonyl (C=O) groups is 1. The van der Waals surface area contributed by atoms with Gasteiger partial charge in [0.2, 0.25) is 5.91 Å². The lowest BCUT2D eigenvalue weighted by atomic mass is 9.98. The van der Waals surface area contributed by atoms with Crippen LogP contribution in [0, 0.1) is 17.1 Å². The van der Waals surface area contributed by atoms with E-state index in [1.165, 1.54) is 6.07 Å². The van der Waals surface area contributed by atoms with E-state index in [2.05, 4.69) is 5.32 Å². The van der Waals surface area contributed by atoms with Crippen LogP contribution in [0.4, 0.5) is 10.1 Å². The van der Waals surface area contributed by atoms with Gasteiger partial charge in [0.15, 0.2) is 0 Å². The van der Waals surface area contributed by atoms with Crippen LogP contribution in [0.5, 0.6) is 0 Å². The fourth-order valence-corrected chi connectivity index (χ4v) is 4.13. The summed E-state index contributed by atoms with van der Waals surface area (Å²) in [7, 11) is 0. The maximum absolute atomic E-state index is 14.5. The monoisotopic (exact) mass is 419 g/mol. The Morgan fingerprint density at radius 2 is 2.04 bits per heavy atom. The highest BCUT2D eigenvalue weighted by Gasteiger charge is 2.41. The van der Waals surface area contributed by atoms with Gasteiger partial charge in [-0.1, -0.05) is 35.3 Å². The molecule has 1 aliphatic rings. The van der Waals surface area contributed by atoms with E-state index in [1.54, 1.807) is 35.2 Å². The molecule has 0 radical (unpaired) electrons. The highest BCUT2D eigenvalue weighted by Crippen LogP contribution is 2.31. The van der Waals surface area contributed by atoms with Crippen molar-refractivity contribution in [3.8, 4) is 6.07 Å². The number of amides is 1. The summed E-state index contributed by atoms with van der Waals surface area (Å²) in [4.78, 5) is 14.4. The molecule has 1 heterocycles. The van der Waals surface area contributed by atoms with Gasteiger partial charge in [0.25, 0.3) is 0 Å². The molecule has 4 nitrogen and oxygen atoms in total. The largest absolute Gasteiger partial charge is 0.380 e. The van der Waals surface area contributed by atoms with Gasteiger partial charge >= 0.3 is 0 Å². The van der Waals surface area contributed by atoms with Crippen LogP contribution in [-0.2, 0) is 11.2 Å². The first-order valence-corrected chi connectivity index (χ1v) is 9.77. The van der Waals surface area contributed by atoms with Gasteiger partial charge in [0.05, 0.1) is 27.7 Å². The van der Waals surface area contributed by atoms with E-state index < -0.39 is 5.82 Å². The maximum atomic E-state index is 14.5. The minimum atomic E-state index is -0.451. The molecule has 1 saturated heterocycles. The van der Waals surface area contributed by atoms with Gasteiger partial charge in [-0.2, -0.15) is 5.26 Å². The quantitative estimate of drug-likeness (QED) is 0.738. The molecule has 1 fully saturated rings. The topological polar surface area (TPSA) is 56.1 Å². The Labute approximate surface area is 173 Å². The lowest BCUT2D eigenvalue weighted by Gasteiger charge is -2.32. The van der Waals surface area contributed by atoms with Crippen molar-refractivity contribution in [2.45, 2.75) is 44.8 Å². The number of benzene rings is 2. The molecule has 1 N–H and O–H groups in total. The molecule has 0 bridgehead atoms. The van der Waals surface area contributed by atoms with Gasteiger partial charge in [0, 0.05) is 18.2 Å². The van der Waals surface area contributed by atoms with Gasteiger partial charge in [0.1, 0.15) is 11.9 Å². The predicted octanol–water partition coefficient (Wildman–Crippen LogP) is 5.04. The van der Waals surface area contributed by atoms with E-state index in [1.807, 2.05) is 19.9 Å². The second-order valence-electron chi connectivity index (χ2n) is 7.14. The van der Waals surface area contributed by atoms with Gasteiger partial charge < -0.3 is 10.2 Å². The number of rotatable bonds is 5. The number of hydrogen-bond donors (Lipinski definition) is 1. The molecule has 2 aromatic rings. The SMILES string of the molecule is CC(C)N1C(=O)C[C@H](Nc2ccc(C#N)c(Cl)c2)C1Cc1cccc(Cl)c1F. The third kappa shape index (κ3) is 4.09. The smallest absolute Gasteiger partial charge is 0.225 e. The van der Waals surface area contributed by atoms with Crippen LogP contribution >= 0.6 is 23.2 Å². The lowest BCUT2D eigenvalue weighted by Crippen LogP contribution is -2.45. The fourth-order valence-electron chi connectivity index (χ4n) is 3.71. The molecule has 0 spiro atoms. The third-order valence-corrected chi connectivity index (χ3v) is 5.57. The predicted molar refractivity (Wildman–Crippen MR) is 109 cm³/mol. The summed E-state index contributed by atoms with van der Waals surface area (Å²) in [5.74, 6) is -0.438. The highest BCUT2D eigenvalue weighted by atomic mass is 35.5. The van der Waals surface area contributed by atoms with Crippen LogP contribution in [0.2, 0.25) is 10.0 Å². The Balaban J connectivity index is 1.90. The van der Waals surface area contributed by atoms with Crippen LogP contribution in [0.3, 0.4) is 0 Å². The van der Waals surface area contributed by atoms with E-state index >= 15 is 0 Å². The van der Waals surface area contributed by atoms with Crippen LogP contribution in [-0.4, -0.2) is 28.9 Å². The third-order valence-electron chi connectivity index (χ3n) is 4.96. The number of nitrogens with zero attached hydrogens (tertiary/aromatic N) is 2. The van der Waals surface area contributed by atoms with Gasteiger partial charge in [-0.15, -0.1) is 0 Å². The number of halogens is 3. The summed E-state index contributed by atoms with van der Waals surface area (Å²) in [6, 6.07) is 11.5. The summed E-state index contributed by atoms with van der Waals surface area (Å²) < 4.78 is 14.5. The first kappa shape index (κ1) is 20.4. The molecule has 146 valence electrons. The molecular formula is C21H20Cl2FN3O. The summed E-state index contributed by atoms with van der Waals surface area (Å²) >= 11 is 12.0. The average molecular weight is 420 g/mol. The first-order valence-electron chi connectivity index (χ1n) is 9.02. The van der Waals surface area contributed by atoms with Crippen molar-refractivity contribution >= 4 is 34.8 Å². The number of anilines is 1. The average Bonchev–Trinajstić information content (AvgIpc) is 2.94. The van der Waals surface area contributed by atoms with Crippen molar-refractivity contribution in [3.05, 3.63) is 63.4 Å². The van der Waals surface area contributed by atoms with Crippen LogP contribution in [0.15, 0.2) is 36.4 Å². The molecule has 0 aliphatic carbocycles. The number of likely N-dealkylation sites (tertiary alicyclic amines) is 1.